The Morgan fingerprint density at radius 2 is 2.04 bits per heavy atom. The van der Waals surface area contributed by atoms with Gasteiger partial charge in [0.25, 0.3) is 0 Å². The maximum absolute atomic E-state index is 12.8. The normalized spacial score (nSPS) is 17.1. The van der Waals surface area contributed by atoms with Crippen molar-refractivity contribution in [1.82, 2.24) is 0 Å². The molecule has 1 unspecified atom stereocenters. The second kappa shape index (κ2) is 7.31. The first-order valence-corrected chi connectivity index (χ1v) is 9.30. The van der Waals surface area contributed by atoms with Gasteiger partial charge in [-0.3, -0.25) is 4.79 Å². The summed E-state index contributed by atoms with van der Waals surface area (Å²) in [5.41, 5.74) is 4.43. The Labute approximate surface area is 148 Å². The number of carbonyl (C=O) groups excluding carboxylic acids is 1. The van der Waals surface area contributed by atoms with Crippen LogP contribution < -0.4 is 10.2 Å². The van der Waals surface area contributed by atoms with E-state index < -0.39 is 0 Å². The highest BCUT2D eigenvalue weighted by molar-refractivity contribution is 8.00. The minimum atomic E-state index is 0.123. The molecular weight excluding hydrogens is 316 g/mol. The number of rotatable bonds is 3. The third-order valence-corrected chi connectivity index (χ3v) is 5.60. The summed E-state index contributed by atoms with van der Waals surface area (Å²) in [5, 5.41) is 3.84. The van der Waals surface area contributed by atoms with Gasteiger partial charge in [0.1, 0.15) is 0 Å². The van der Waals surface area contributed by atoms with E-state index in [1.807, 2.05) is 28.8 Å². The fourth-order valence-corrected chi connectivity index (χ4v) is 4.05. The van der Waals surface area contributed by atoms with Gasteiger partial charge < -0.3 is 10.2 Å². The highest BCUT2D eigenvalue weighted by atomic mass is 32.2. The number of thioether (sulfide) groups is 1. The number of para-hydroxylation sites is 1. The number of aryl methyl sites for hydroxylation is 2. The highest BCUT2D eigenvalue weighted by Crippen LogP contribution is 2.37. The van der Waals surface area contributed by atoms with Crippen LogP contribution in [0.3, 0.4) is 0 Å². The van der Waals surface area contributed by atoms with Crippen LogP contribution >= 0.6 is 11.8 Å². The fraction of sp³-hybridized carbons (Fsp3) is 0.350. The molecule has 2 aromatic rings. The standard InChI is InChI=1S/C20H24N2OS/c1-14-8-9-15(2)17(12-14)21-13-20(23)22-11-10-16(3)24-19-7-5-4-6-18(19)22/h4-9,12,16,21H,10-11,13H2,1-3H3. The quantitative estimate of drug-likeness (QED) is 0.884. The van der Waals surface area contributed by atoms with Crippen molar-refractivity contribution in [2.75, 3.05) is 23.3 Å². The van der Waals surface area contributed by atoms with E-state index in [0.717, 1.165) is 29.9 Å². The summed E-state index contributed by atoms with van der Waals surface area (Å²) in [7, 11) is 0. The van der Waals surface area contributed by atoms with Crippen molar-refractivity contribution < 1.29 is 4.79 Å². The van der Waals surface area contributed by atoms with Gasteiger partial charge in [-0.25, -0.2) is 0 Å². The molecule has 0 spiro atoms. The zero-order valence-corrected chi connectivity index (χ0v) is 15.3. The molecule has 0 fully saturated rings. The van der Waals surface area contributed by atoms with Gasteiger partial charge in [0, 0.05) is 22.4 Å². The van der Waals surface area contributed by atoms with Crippen LogP contribution in [-0.4, -0.2) is 24.2 Å². The van der Waals surface area contributed by atoms with E-state index in [4.69, 9.17) is 0 Å². The van der Waals surface area contributed by atoms with E-state index in [1.165, 1.54) is 10.5 Å². The number of carbonyl (C=O) groups is 1. The van der Waals surface area contributed by atoms with Gasteiger partial charge in [0.05, 0.1) is 12.2 Å². The summed E-state index contributed by atoms with van der Waals surface area (Å²) in [6.45, 7) is 7.45. The van der Waals surface area contributed by atoms with Gasteiger partial charge in [-0.15, -0.1) is 11.8 Å². The van der Waals surface area contributed by atoms with Crippen molar-refractivity contribution in [3.63, 3.8) is 0 Å². The van der Waals surface area contributed by atoms with Crippen molar-refractivity contribution in [3.8, 4) is 0 Å². The first-order chi connectivity index (χ1) is 11.5. The van der Waals surface area contributed by atoms with Gasteiger partial charge in [0.2, 0.25) is 5.91 Å². The topological polar surface area (TPSA) is 32.3 Å². The number of hydrogen-bond acceptors (Lipinski definition) is 3. The molecule has 1 N–H and O–H groups in total. The lowest BCUT2D eigenvalue weighted by Crippen LogP contribution is -2.36. The number of nitrogens with zero attached hydrogens (tertiary/aromatic N) is 1. The summed E-state index contributed by atoms with van der Waals surface area (Å²) in [4.78, 5) is 16.0. The molecule has 1 aliphatic heterocycles. The Morgan fingerprint density at radius 1 is 1.25 bits per heavy atom. The first kappa shape index (κ1) is 16.9. The Kier molecular flexibility index (Phi) is 5.14. The van der Waals surface area contributed by atoms with Crippen LogP contribution in [0.4, 0.5) is 11.4 Å². The van der Waals surface area contributed by atoms with Gasteiger partial charge in [-0.1, -0.05) is 31.2 Å². The minimum Gasteiger partial charge on any atom is -0.376 e. The molecule has 1 amide bonds. The maximum Gasteiger partial charge on any atom is 0.246 e. The second-order valence-electron chi connectivity index (χ2n) is 6.40. The van der Waals surface area contributed by atoms with Crippen LogP contribution in [0.25, 0.3) is 0 Å². The Hall–Kier alpha value is -1.94. The highest BCUT2D eigenvalue weighted by Gasteiger charge is 2.23. The van der Waals surface area contributed by atoms with Crippen LogP contribution in [-0.2, 0) is 4.79 Å². The Morgan fingerprint density at radius 3 is 2.88 bits per heavy atom. The molecule has 0 radical (unpaired) electrons. The van der Waals surface area contributed by atoms with Crippen molar-refractivity contribution in [1.29, 1.82) is 0 Å². The van der Waals surface area contributed by atoms with Gasteiger partial charge in [-0.05, 0) is 49.6 Å². The summed E-state index contributed by atoms with van der Waals surface area (Å²) >= 11 is 1.86. The van der Waals surface area contributed by atoms with E-state index in [9.17, 15) is 4.79 Å². The zero-order valence-electron chi connectivity index (χ0n) is 14.5. The molecule has 1 atom stereocenters. The van der Waals surface area contributed by atoms with Crippen LogP contribution in [0.15, 0.2) is 47.4 Å². The SMILES string of the molecule is Cc1ccc(C)c(NCC(=O)N2CCC(C)Sc3ccccc32)c1. The van der Waals surface area contributed by atoms with Crippen molar-refractivity contribution in [3.05, 3.63) is 53.6 Å². The third kappa shape index (κ3) is 3.75. The summed E-state index contributed by atoms with van der Waals surface area (Å²) in [5.74, 6) is 0.123. The van der Waals surface area contributed by atoms with Gasteiger partial charge >= 0.3 is 0 Å². The van der Waals surface area contributed by atoms with E-state index in [1.54, 1.807) is 0 Å². The molecular formula is C20H24N2OS. The molecule has 1 aliphatic rings. The lowest BCUT2D eigenvalue weighted by Gasteiger charge is -2.23. The predicted octanol–water partition coefficient (Wildman–Crippen LogP) is 4.63. The van der Waals surface area contributed by atoms with Crippen LogP contribution in [0.2, 0.25) is 0 Å². The number of benzene rings is 2. The lowest BCUT2D eigenvalue weighted by atomic mass is 10.1. The molecule has 24 heavy (non-hydrogen) atoms. The number of fused-ring (bicyclic) bond motifs is 1. The van der Waals surface area contributed by atoms with Crippen LogP contribution in [0.1, 0.15) is 24.5 Å². The summed E-state index contributed by atoms with van der Waals surface area (Å²) in [6, 6.07) is 14.5. The average Bonchev–Trinajstić information content (AvgIpc) is 2.73. The van der Waals surface area contributed by atoms with E-state index in [0.29, 0.717) is 11.8 Å². The average molecular weight is 340 g/mol. The van der Waals surface area contributed by atoms with Crippen LogP contribution in [0.5, 0.6) is 0 Å². The number of anilines is 2. The molecule has 0 saturated heterocycles. The van der Waals surface area contributed by atoms with E-state index in [2.05, 4.69) is 56.4 Å². The van der Waals surface area contributed by atoms with Crippen LogP contribution in [0, 0.1) is 13.8 Å². The molecule has 0 saturated carbocycles. The number of amides is 1. The maximum atomic E-state index is 12.8. The molecule has 4 heteroatoms. The van der Waals surface area contributed by atoms with E-state index >= 15 is 0 Å². The molecule has 2 aromatic carbocycles. The van der Waals surface area contributed by atoms with Gasteiger partial charge in [0.15, 0.2) is 0 Å². The Balaban J connectivity index is 1.76. The molecule has 1 heterocycles. The molecule has 0 bridgehead atoms. The van der Waals surface area contributed by atoms with Gasteiger partial charge in [-0.2, -0.15) is 0 Å². The lowest BCUT2D eigenvalue weighted by molar-refractivity contribution is -0.117. The number of nitrogens with one attached hydrogen (secondary N) is 1. The predicted molar refractivity (Wildman–Crippen MR) is 103 cm³/mol. The third-order valence-electron chi connectivity index (χ3n) is 4.37. The minimum absolute atomic E-state index is 0.123. The first-order valence-electron chi connectivity index (χ1n) is 8.42. The fourth-order valence-electron chi connectivity index (χ4n) is 2.94. The van der Waals surface area contributed by atoms with Crippen molar-refractivity contribution in [2.24, 2.45) is 0 Å². The molecule has 0 aromatic heterocycles. The molecule has 3 nitrogen and oxygen atoms in total. The smallest absolute Gasteiger partial charge is 0.246 e. The molecule has 126 valence electrons. The second-order valence-corrected chi connectivity index (χ2v) is 7.88. The van der Waals surface area contributed by atoms with Crippen molar-refractivity contribution in [2.45, 2.75) is 37.3 Å². The molecule has 3 rings (SSSR count). The zero-order chi connectivity index (χ0) is 17.1. The summed E-state index contributed by atoms with van der Waals surface area (Å²) < 4.78 is 0. The van der Waals surface area contributed by atoms with E-state index in [-0.39, 0.29) is 5.91 Å². The monoisotopic (exact) mass is 340 g/mol. The Bertz CT molecular complexity index is 744. The largest absolute Gasteiger partial charge is 0.376 e. The summed E-state index contributed by atoms with van der Waals surface area (Å²) in [6.07, 6.45) is 1.01. The number of hydrogen-bond donors (Lipinski definition) is 1. The molecule has 0 aliphatic carbocycles. The van der Waals surface area contributed by atoms with Crippen molar-refractivity contribution >= 4 is 29.0 Å².